The summed E-state index contributed by atoms with van der Waals surface area (Å²) in [6.07, 6.45) is 6.92. The average molecular weight is 322 g/mol. The summed E-state index contributed by atoms with van der Waals surface area (Å²) in [5.74, 6) is -0.159. The zero-order chi connectivity index (χ0) is 15.5. The lowest BCUT2D eigenvalue weighted by molar-refractivity contribution is -0.116. The highest BCUT2D eigenvalue weighted by atomic mass is 35.5. The van der Waals surface area contributed by atoms with Crippen molar-refractivity contribution in [1.29, 1.82) is 0 Å². The van der Waals surface area contributed by atoms with E-state index in [1.54, 1.807) is 11.1 Å². The van der Waals surface area contributed by atoms with Gasteiger partial charge in [0.25, 0.3) is 0 Å². The molecule has 0 aromatic carbocycles. The molecule has 118 valence electrons. The summed E-state index contributed by atoms with van der Waals surface area (Å²) in [5, 5.41) is 8.87. The van der Waals surface area contributed by atoms with E-state index in [-0.39, 0.29) is 11.8 Å². The van der Waals surface area contributed by atoms with Gasteiger partial charge in [-0.2, -0.15) is 10.2 Å². The number of fused-ring (bicyclic) bond motifs is 1. The van der Waals surface area contributed by atoms with Gasteiger partial charge in [-0.25, -0.2) is 0 Å². The average Bonchev–Trinajstić information content (AvgIpc) is 3.18. The van der Waals surface area contributed by atoms with Crippen LogP contribution >= 0.6 is 11.6 Å². The number of nitrogens with zero attached hydrogens (tertiary/aromatic N) is 5. The maximum absolute atomic E-state index is 12.3. The number of hydrogen-bond acceptors (Lipinski definition) is 3. The number of anilines is 1. The summed E-state index contributed by atoms with van der Waals surface area (Å²) in [6, 6.07) is 1.94. The molecule has 0 N–H and O–H groups in total. The van der Waals surface area contributed by atoms with Crippen LogP contribution in [0, 0.1) is 0 Å². The maximum atomic E-state index is 12.3. The molecule has 1 aliphatic rings. The summed E-state index contributed by atoms with van der Waals surface area (Å²) in [6.45, 7) is 4.19. The van der Waals surface area contributed by atoms with Crippen molar-refractivity contribution in [2.45, 2.75) is 45.8 Å². The molecule has 6 nitrogen and oxygen atoms in total. The van der Waals surface area contributed by atoms with Crippen molar-refractivity contribution < 1.29 is 4.79 Å². The Kier molecular flexibility index (Phi) is 4.47. The minimum atomic E-state index is -0.117. The fourth-order valence-electron chi connectivity index (χ4n) is 2.84. The number of rotatable bonds is 5. The fourth-order valence-corrected chi connectivity index (χ4v) is 2.98. The molecule has 3 heterocycles. The Morgan fingerprint density at radius 1 is 1.45 bits per heavy atom. The van der Waals surface area contributed by atoms with Gasteiger partial charge in [0.05, 0.1) is 29.8 Å². The van der Waals surface area contributed by atoms with Crippen LogP contribution in [0.5, 0.6) is 0 Å². The Balaban J connectivity index is 1.89. The van der Waals surface area contributed by atoms with E-state index in [9.17, 15) is 4.79 Å². The van der Waals surface area contributed by atoms with Crippen LogP contribution in [0.3, 0.4) is 0 Å². The fraction of sp³-hybridized carbons (Fsp3) is 0.533. The molecular formula is C15H20ClN5O. The lowest BCUT2D eigenvalue weighted by atomic mass is 10.1. The number of aromatic nitrogens is 4. The summed E-state index contributed by atoms with van der Waals surface area (Å²) in [5.41, 5.74) is 2.85. The van der Waals surface area contributed by atoms with Gasteiger partial charge in [0, 0.05) is 19.3 Å². The van der Waals surface area contributed by atoms with Crippen molar-refractivity contribution in [3.05, 3.63) is 29.8 Å². The molecule has 0 spiro atoms. The van der Waals surface area contributed by atoms with Gasteiger partial charge in [0.1, 0.15) is 5.88 Å². The monoisotopic (exact) mass is 321 g/mol. The molecule has 0 saturated carbocycles. The van der Waals surface area contributed by atoms with Crippen LogP contribution in [0.15, 0.2) is 18.5 Å². The number of aryl methyl sites for hydroxylation is 2. The maximum Gasteiger partial charge on any atom is 0.242 e. The minimum absolute atomic E-state index is 0.0426. The molecule has 22 heavy (non-hydrogen) atoms. The largest absolute Gasteiger partial charge is 0.302 e. The van der Waals surface area contributed by atoms with Crippen molar-refractivity contribution in [3.63, 3.8) is 0 Å². The standard InChI is InChI=1S/C15H20ClN5O/c1-2-19-8-6-12(18-19)11-20(15(22)9-16)14-10-17-21-7-4-3-5-13(14)21/h6,8,10H,2-5,7,9,11H2,1H3. The minimum Gasteiger partial charge on any atom is -0.302 e. The summed E-state index contributed by atoms with van der Waals surface area (Å²) in [4.78, 5) is 14.0. The molecule has 0 unspecified atom stereocenters. The number of halogens is 1. The number of amides is 1. The predicted molar refractivity (Wildman–Crippen MR) is 85.0 cm³/mol. The normalized spacial score (nSPS) is 13.9. The van der Waals surface area contributed by atoms with E-state index >= 15 is 0 Å². The highest BCUT2D eigenvalue weighted by molar-refractivity contribution is 6.29. The third kappa shape index (κ3) is 2.88. The summed E-state index contributed by atoms with van der Waals surface area (Å²) >= 11 is 5.80. The Bertz CT molecular complexity index is 663. The molecule has 3 rings (SSSR count). The molecule has 0 radical (unpaired) electrons. The molecule has 7 heteroatoms. The van der Waals surface area contributed by atoms with Crippen molar-refractivity contribution in [2.75, 3.05) is 10.8 Å². The van der Waals surface area contributed by atoms with Crippen molar-refractivity contribution in [2.24, 2.45) is 0 Å². The molecule has 0 saturated heterocycles. The zero-order valence-electron chi connectivity index (χ0n) is 12.7. The third-order valence-electron chi connectivity index (χ3n) is 4.01. The van der Waals surface area contributed by atoms with Gasteiger partial charge in [-0.15, -0.1) is 11.6 Å². The predicted octanol–water partition coefficient (Wildman–Crippen LogP) is 2.21. The molecule has 2 aromatic rings. The van der Waals surface area contributed by atoms with Crippen molar-refractivity contribution in [1.82, 2.24) is 19.6 Å². The zero-order valence-corrected chi connectivity index (χ0v) is 13.5. The molecular weight excluding hydrogens is 302 g/mol. The molecule has 0 bridgehead atoms. The van der Waals surface area contributed by atoms with Crippen molar-refractivity contribution >= 4 is 23.2 Å². The smallest absolute Gasteiger partial charge is 0.242 e. The van der Waals surface area contributed by atoms with Gasteiger partial charge in [-0.05, 0) is 32.3 Å². The number of alkyl halides is 1. The molecule has 1 aliphatic heterocycles. The number of hydrogen-bond donors (Lipinski definition) is 0. The first-order valence-corrected chi connectivity index (χ1v) is 8.19. The molecule has 1 amide bonds. The van der Waals surface area contributed by atoms with Gasteiger partial charge in [0.2, 0.25) is 5.91 Å². The first-order valence-electron chi connectivity index (χ1n) is 7.66. The van der Waals surface area contributed by atoms with Gasteiger partial charge in [-0.1, -0.05) is 0 Å². The van der Waals surface area contributed by atoms with E-state index in [0.29, 0.717) is 6.54 Å². The SMILES string of the molecule is CCn1ccc(CN(C(=O)CCl)c2cnn3c2CCCC3)n1. The second kappa shape index (κ2) is 6.52. The van der Waals surface area contributed by atoms with E-state index in [4.69, 9.17) is 11.6 Å². The van der Waals surface area contributed by atoms with Crippen LogP contribution in [-0.4, -0.2) is 31.3 Å². The lowest BCUT2D eigenvalue weighted by Gasteiger charge is -2.23. The van der Waals surface area contributed by atoms with E-state index in [1.807, 2.05) is 28.6 Å². The topological polar surface area (TPSA) is 56.0 Å². The molecule has 0 aliphatic carbocycles. The Morgan fingerprint density at radius 3 is 3.05 bits per heavy atom. The highest BCUT2D eigenvalue weighted by Crippen LogP contribution is 2.27. The first-order chi connectivity index (χ1) is 10.7. The van der Waals surface area contributed by atoms with E-state index in [2.05, 4.69) is 10.2 Å². The summed E-state index contributed by atoms with van der Waals surface area (Å²) in [7, 11) is 0. The molecule has 2 aromatic heterocycles. The third-order valence-corrected chi connectivity index (χ3v) is 4.23. The summed E-state index contributed by atoms with van der Waals surface area (Å²) < 4.78 is 3.85. The van der Waals surface area contributed by atoms with Crippen LogP contribution in [0.4, 0.5) is 5.69 Å². The number of carbonyl (C=O) groups is 1. The van der Waals surface area contributed by atoms with E-state index in [1.165, 1.54) is 0 Å². The second-order valence-electron chi connectivity index (χ2n) is 5.43. The van der Waals surface area contributed by atoms with Gasteiger partial charge < -0.3 is 4.90 Å². The van der Waals surface area contributed by atoms with Crippen molar-refractivity contribution in [3.8, 4) is 0 Å². The van der Waals surface area contributed by atoms with Gasteiger partial charge >= 0.3 is 0 Å². The number of carbonyl (C=O) groups excluding carboxylic acids is 1. The highest BCUT2D eigenvalue weighted by Gasteiger charge is 2.24. The van der Waals surface area contributed by atoms with E-state index < -0.39 is 0 Å². The lowest BCUT2D eigenvalue weighted by Crippen LogP contribution is -2.32. The van der Waals surface area contributed by atoms with Crippen LogP contribution in [0.25, 0.3) is 0 Å². The van der Waals surface area contributed by atoms with Gasteiger partial charge in [-0.3, -0.25) is 14.2 Å². The van der Waals surface area contributed by atoms with Crippen LogP contribution < -0.4 is 4.90 Å². The molecule has 0 atom stereocenters. The van der Waals surface area contributed by atoms with Crippen LogP contribution in [0.1, 0.15) is 31.2 Å². The second-order valence-corrected chi connectivity index (χ2v) is 5.70. The van der Waals surface area contributed by atoms with E-state index in [0.717, 1.165) is 49.4 Å². The quantitative estimate of drug-likeness (QED) is 0.793. The molecule has 0 fully saturated rings. The van der Waals surface area contributed by atoms with Crippen LogP contribution in [-0.2, 0) is 30.8 Å². The Hall–Kier alpha value is -1.82. The van der Waals surface area contributed by atoms with Gasteiger partial charge in [0.15, 0.2) is 0 Å². The Morgan fingerprint density at radius 2 is 2.32 bits per heavy atom. The Labute approximate surface area is 134 Å². The van der Waals surface area contributed by atoms with Crippen LogP contribution in [0.2, 0.25) is 0 Å². The first kappa shape index (κ1) is 15.1.